The average Bonchev–Trinajstić information content (AvgIpc) is 3.49. The molecule has 2 amide bonds. The average molecular weight is 641 g/mol. The largest absolute Gasteiger partial charge is 0.353 e. The summed E-state index contributed by atoms with van der Waals surface area (Å²) in [4.78, 5) is 24.8. The Bertz CT molecular complexity index is 819. The molecule has 45 heavy (non-hydrogen) atoms. The molecule has 0 aromatic carbocycles. The van der Waals surface area contributed by atoms with Gasteiger partial charge in [-0.05, 0) is 108 Å². The predicted molar refractivity (Wildman–Crippen MR) is 171 cm³/mol. The van der Waals surface area contributed by atoms with E-state index >= 15 is 0 Å². The van der Waals surface area contributed by atoms with Crippen LogP contribution in [-0.2, 0) is 28.5 Å². The Labute approximate surface area is 269 Å². The molecule has 4 atom stereocenters. The van der Waals surface area contributed by atoms with Gasteiger partial charge in [-0.15, -0.1) is 0 Å². The number of carbonyl (C=O) groups is 2. The van der Waals surface area contributed by atoms with Crippen molar-refractivity contribution in [3.8, 4) is 0 Å². The first kappa shape index (κ1) is 37.6. The molecule has 0 aromatic heterocycles. The summed E-state index contributed by atoms with van der Waals surface area (Å²) in [5.74, 6) is -3.14. The van der Waals surface area contributed by atoms with Crippen molar-refractivity contribution in [3.63, 3.8) is 0 Å². The minimum Gasteiger partial charge on any atom is -0.353 e. The van der Waals surface area contributed by atoms with Crippen molar-refractivity contribution >= 4 is 11.8 Å². The molecule has 258 valence electrons. The van der Waals surface area contributed by atoms with Gasteiger partial charge >= 0.3 is 0 Å². The van der Waals surface area contributed by atoms with Crippen LogP contribution in [0.2, 0.25) is 0 Å². The van der Waals surface area contributed by atoms with E-state index < -0.39 is 35.6 Å². The summed E-state index contributed by atoms with van der Waals surface area (Å²) in [6, 6.07) is -0.827. The van der Waals surface area contributed by atoms with E-state index in [-0.39, 0.29) is 12.6 Å². The van der Waals surface area contributed by atoms with Gasteiger partial charge < -0.3 is 29.6 Å². The first-order chi connectivity index (χ1) is 22.0. The smallest absolute Gasteiger partial charge is 0.279 e. The molecule has 2 aliphatic heterocycles. The standard InChI is InChI=1S/C35H58F2N2O6/c36-28(18-9-5-1-3-7-13-24-42-32-22-11-15-26-44-32)34(40)38-30-20-17-21-31(30)39-35(41)29(37)19-10-6-2-4-8-14-25-43-33-23-12-16-27-45-33/h18-19,30-33H,1-17,20-27H2,(H,38,40)(H,39,41)/t30-,31+,32?,33?. The molecule has 0 aromatic rings. The third-order valence-electron chi connectivity index (χ3n) is 8.81. The first-order valence-electron chi connectivity index (χ1n) is 17.8. The molecule has 8 nitrogen and oxygen atoms in total. The molecule has 2 heterocycles. The Kier molecular flexibility index (Phi) is 19.6. The van der Waals surface area contributed by atoms with E-state index in [0.717, 1.165) is 122 Å². The van der Waals surface area contributed by atoms with Crippen LogP contribution in [0.5, 0.6) is 0 Å². The molecule has 3 rings (SSSR count). The van der Waals surface area contributed by atoms with Crippen molar-refractivity contribution in [2.45, 2.75) is 160 Å². The molecule has 3 fully saturated rings. The van der Waals surface area contributed by atoms with E-state index in [0.29, 0.717) is 38.9 Å². The van der Waals surface area contributed by atoms with Gasteiger partial charge in [-0.1, -0.05) is 38.5 Å². The Balaban J connectivity index is 1.19. The molecule has 2 N–H and O–H groups in total. The monoisotopic (exact) mass is 640 g/mol. The van der Waals surface area contributed by atoms with Crippen molar-refractivity contribution < 1.29 is 37.3 Å². The van der Waals surface area contributed by atoms with Gasteiger partial charge in [0, 0.05) is 38.5 Å². The van der Waals surface area contributed by atoms with Crippen LogP contribution in [0.25, 0.3) is 0 Å². The Morgan fingerprint density at radius 1 is 0.578 bits per heavy atom. The van der Waals surface area contributed by atoms with Crippen LogP contribution in [-0.4, -0.2) is 62.9 Å². The van der Waals surface area contributed by atoms with Gasteiger partial charge in [0.15, 0.2) is 24.2 Å². The first-order valence-corrected chi connectivity index (χ1v) is 17.8. The maximum atomic E-state index is 14.4. The summed E-state index contributed by atoms with van der Waals surface area (Å²) >= 11 is 0. The van der Waals surface area contributed by atoms with Crippen molar-refractivity contribution in [2.75, 3.05) is 26.4 Å². The molecular weight excluding hydrogens is 582 g/mol. The van der Waals surface area contributed by atoms with E-state index in [9.17, 15) is 18.4 Å². The normalized spacial score (nSPS) is 24.5. The molecule has 2 unspecified atom stereocenters. The highest BCUT2D eigenvalue weighted by molar-refractivity contribution is 5.92. The zero-order valence-corrected chi connectivity index (χ0v) is 27.3. The van der Waals surface area contributed by atoms with E-state index in [4.69, 9.17) is 18.9 Å². The van der Waals surface area contributed by atoms with Crippen LogP contribution < -0.4 is 10.6 Å². The lowest BCUT2D eigenvalue weighted by Crippen LogP contribution is -2.48. The van der Waals surface area contributed by atoms with Gasteiger partial charge in [-0.2, -0.15) is 0 Å². The molecule has 0 radical (unpaired) electrons. The number of rotatable bonds is 22. The van der Waals surface area contributed by atoms with Crippen LogP contribution in [0.15, 0.2) is 23.8 Å². The van der Waals surface area contributed by atoms with Crippen LogP contribution in [0.4, 0.5) is 8.78 Å². The molecule has 10 heteroatoms. The second-order valence-electron chi connectivity index (χ2n) is 12.6. The minimum absolute atomic E-state index is 0.0410. The number of unbranched alkanes of at least 4 members (excludes halogenated alkanes) is 10. The Morgan fingerprint density at radius 2 is 1.00 bits per heavy atom. The molecule has 0 spiro atoms. The maximum absolute atomic E-state index is 14.4. The molecular formula is C35H58F2N2O6. The second-order valence-corrected chi connectivity index (χ2v) is 12.6. The van der Waals surface area contributed by atoms with Gasteiger partial charge in [0.1, 0.15) is 0 Å². The van der Waals surface area contributed by atoms with Crippen LogP contribution in [0.1, 0.15) is 135 Å². The zero-order valence-electron chi connectivity index (χ0n) is 27.3. The molecule has 2 saturated heterocycles. The third-order valence-corrected chi connectivity index (χ3v) is 8.81. The number of nitrogens with one attached hydrogen (secondary N) is 2. The summed E-state index contributed by atoms with van der Waals surface area (Å²) in [5, 5.41) is 5.39. The Morgan fingerprint density at radius 3 is 1.42 bits per heavy atom. The number of allylic oxidation sites excluding steroid dienone is 2. The fourth-order valence-electron chi connectivity index (χ4n) is 6.09. The van der Waals surface area contributed by atoms with E-state index in [1.165, 1.54) is 12.2 Å². The lowest BCUT2D eigenvalue weighted by Gasteiger charge is -2.22. The highest BCUT2D eigenvalue weighted by Gasteiger charge is 2.31. The SMILES string of the molecule is O=C(N[C@H]1CCC[C@H]1NC(=O)C(F)=CCCCCCCCOC1CCCCO1)C(F)=CCCCCCCCOC1CCCCO1. The van der Waals surface area contributed by atoms with E-state index in [1.54, 1.807) is 0 Å². The highest BCUT2D eigenvalue weighted by Crippen LogP contribution is 2.21. The predicted octanol–water partition coefficient (Wildman–Crippen LogP) is 7.61. The minimum atomic E-state index is -0.801. The number of amides is 2. The number of halogens is 2. The number of carbonyl (C=O) groups excluding carboxylic acids is 2. The fraction of sp³-hybridized carbons (Fsp3) is 0.829. The Hall–Kier alpha value is -1.88. The highest BCUT2D eigenvalue weighted by atomic mass is 19.1. The summed E-state index contributed by atoms with van der Waals surface area (Å²) in [7, 11) is 0. The summed E-state index contributed by atoms with van der Waals surface area (Å²) in [6.07, 6.45) is 21.8. The van der Waals surface area contributed by atoms with Gasteiger partial charge in [-0.25, -0.2) is 8.78 Å². The molecule has 1 aliphatic carbocycles. The summed E-state index contributed by atoms with van der Waals surface area (Å²) in [6.45, 7) is 2.99. The zero-order chi connectivity index (χ0) is 32.0. The number of hydrogen-bond acceptors (Lipinski definition) is 6. The van der Waals surface area contributed by atoms with Gasteiger partial charge in [0.2, 0.25) is 0 Å². The van der Waals surface area contributed by atoms with Gasteiger partial charge in [0.05, 0.1) is 0 Å². The number of ether oxygens (including phenoxy) is 4. The van der Waals surface area contributed by atoms with Crippen molar-refractivity contribution in [1.29, 1.82) is 0 Å². The molecule has 0 bridgehead atoms. The quantitative estimate of drug-likeness (QED) is 0.0934. The van der Waals surface area contributed by atoms with Crippen LogP contribution in [0, 0.1) is 0 Å². The van der Waals surface area contributed by atoms with Gasteiger partial charge in [-0.3, -0.25) is 9.59 Å². The van der Waals surface area contributed by atoms with Crippen LogP contribution >= 0.6 is 0 Å². The summed E-state index contributed by atoms with van der Waals surface area (Å²) < 4.78 is 51.5. The van der Waals surface area contributed by atoms with Gasteiger partial charge in [0.25, 0.3) is 11.8 Å². The number of hydrogen-bond donors (Lipinski definition) is 2. The van der Waals surface area contributed by atoms with Crippen molar-refractivity contribution in [1.82, 2.24) is 10.6 Å². The van der Waals surface area contributed by atoms with Crippen LogP contribution in [0.3, 0.4) is 0 Å². The van der Waals surface area contributed by atoms with Crippen molar-refractivity contribution in [3.05, 3.63) is 23.8 Å². The molecule has 3 aliphatic rings. The third kappa shape index (κ3) is 16.5. The lowest BCUT2D eigenvalue weighted by molar-refractivity contribution is -0.163. The summed E-state index contributed by atoms with van der Waals surface area (Å²) in [5.41, 5.74) is 0. The molecule has 1 saturated carbocycles. The fourth-order valence-corrected chi connectivity index (χ4v) is 6.09. The van der Waals surface area contributed by atoms with E-state index in [2.05, 4.69) is 10.6 Å². The second kappa shape index (κ2) is 23.4. The van der Waals surface area contributed by atoms with E-state index in [1.807, 2.05) is 0 Å². The van der Waals surface area contributed by atoms with Crippen molar-refractivity contribution in [2.24, 2.45) is 0 Å². The maximum Gasteiger partial charge on any atom is 0.279 e. The lowest BCUT2D eigenvalue weighted by atomic mass is 10.1. The topological polar surface area (TPSA) is 95.1 Å².